The van der Waals surface area contributed by atoms with Crippen molar-refractivity contribution >= 4 is 34.3 Å². The van der Waals surface area contributed by atoms with Crippen LogP contribution in [0.1, 0.15) is 29.5 Å². The van der Waals surface area contributed by atoms with Gasteiger partial charge in [0, 0.05) is 22.0 Å². The molecule has 0 saturated carbocycles. The molecule has 0 radical (unpaired) electrons. The van der Waals surface area contributed by atoms with Crippen LogP contribution in [0.15, 0.2) is 58.7 Å². The molecule has 0 bridgehead atoms. The number of fused-ring (bicyclic) bond motifs is 2. The number of amides is 1. The quantitative estimate of drug-likeness (QED) is 0.501. The van der Waals surface area contributed by atoms with E-state index in [4.69, 9.17) is 4.74 Å². The Hall–Kier alpha value is -2.86. The minimum Gasteiger partial charge on any atom is -0.497 e. The molecular weight excluding hydrogens is 382 g/mol. The molecule has 0 fully saturated rings. The van der Waals surface area contributed by atoms with Crippen LogP contribution in [0.3, 0.4) is 0 Å². The van der Waals surface area contributed by atoms with Gasteiger partial charge in [0.05, 0.1) is 24.1 Å². The number of hydrogen-bond acceptors (Lipinski definition) is 5. The van der Waals surface area contributed by atoms with Gasteiger partial charge in [-0.3, -0.25) is 9.78 Å². The fourth-order valence-electron chi connectivity index (χ4n) is 3.73. The summed E-state index contributed by atoms with van der Waals surface area (Å²) in [4.78, 5) is 17.8. The molecule has 2 aromatic carbocycles. The van der Waals surface area contributed by atoms with Crippen LogP contribution in [0.25, 0.3) is 10.9 Å². The number of hydrazone groups is 1. The summed E-state index contributed by atoms with van der Waals surface area (Å²) in [6.45, 7) is 2.06. The summed E-state index contributed by atoms with van der Waals surface area (Å²) in [6.07, 6.45) is 4.66. The van der Waals surface area contributed by atoms with Gasteiger partial charge >= 0.3 is 0 Å². The molecule has 0 saturated heterocycles. The van der Waals surface area contributed by atoms with Gasteiger partial charge in [-0.25, -0.2) is 5.43 Å². The number of carbonyl (C=O) groups excluding carboxylic acids is 1. The van der Waals surface area contributed by atoms with Crippen molar-refractivity contribution in [1.29, 1.82) is 0 Å². The molecule has 1 aromatic heterocycles. The monoisotopic (exact) mass is 405 g/mol. The predicted molar refractivity (Wildman–Crippen MR) is 118 cm³/mol. The van der Waals surface area contributed by atoms with Gasteiger partial charge in [0.1, 0.15) is 5.75 Å². The van der Waals surface area contributed by atoms with Crippen LogP contribution in [0.2, 0.25) is 0 Å². The molecule has 1 aliphatic rings. The number of ether oxygens (including phenoxy) is 1. The molecule has 148 valence electrons. The number of rotatable bonds is 5. The third-order valence-electron chi connectivity index (χ3n) is 5.04. The standard InChI is InChI=1S/C23H23N3O2S/c1-15-12-18(28-2)13-17-7-3-9-19(22(15)17)25-26-21(27)14-29-20-10-4-6-16-8-5-11-24-23(16)20/h4-6,8,10-13H,3,7,9,14H2,1-2H3,(H,26,27)/b25-19-. The van der Waals surface area contributed by atoms with E-state index in [2.05, 4.69) is 28.5 Å². The van der Waals surface area contributed by atoms with E-state index in [1.165, 1.54) is 17.3 Å². The van der Waals surface area contributed by atoms with Crippen molar-refractivity contribution in [1.82, 2.24) is 10.4 Å². The van der Waals surface area contributed by atoms with E-state index >= 15 is 0 Å². The lowest BCUT2D eigenvalue weighted by Gasteiger charge is -2.21. The van der Waals surface area contributed by atoms with Crippen LogP contribution in [0, 0.1) is 6.92 Å². The van der Waals surface area contributed by atoms with Crippen molar-refractivity contribution in [2.75, 3.05) is 12.9 Å². The molecule has 6 heteroatoms. The third kappa shape index (κ3) is 4.27. The second-order valence-corrected chi connectivity index (χ2v) is 8.06. The van der Waals surface area contributed by atoms with Gasteiger partial charge in [0.25, 0.3) is 0 Å². The molecular formula is C23H23N3O2S. The van der Waals surface area contributed by atoms with Crippen molar-refractivity contribution in [2.45, 2.75) is 31.1 Å². The number of aromatic nitrogens is 1. The summed E-state index contributed by atoms with van der Waals surface area (Å²) in [7, 11) is 1.68. The van der Waals surface area contributed by atoms with Crippen LogP contribution in [-0.2, 0) is 11.2 Å². The topological polar surface area (TPSA) is 63.6 Å². The van der Waals surface area contributed by atoms with Gasteiger partial charge in [-0.05, 0) is 61.6 Å². The molecule has 0 spiro atoms. The molecule has 4 rings (SSSR count). The SMILES string of the molecule is COc1cc(C)c2c(c1)CCC/C2=N/NC(=O)CSc1cccc2cccnc12. The minimum absolute atomic E-state index is 0.117. The maximum absolute atomic E-state index is 12.4. The van der Waals surface area contributed by atoms with Gasteiger partial charge in [-0.2, -0.15) is 5.10 Å². The lowest BCUT2D eigenvalue weighted by Crippen LogP contribution is -2.24. The first kappa shape index (κ1) is 19.5. The van der Waals surface area contributed by atoms with Crippen molar-refractivity contribution in [3.8, 4) is 5.75 Å². The van der Waals surface area contributed by atoms with E-state index in [0.29, 0.717) is 5.75 Å². The zero-order valence-corrected chi connectivity index (χ0v) is 17.4. The summed E-state index contributed by atoms with van der Waals surface area (Å²) in [5, 5.41) is 5.53. The Kier molecular flexibility index (Phi) is 5.81. The number of methoxy groups -OCH3 is 1. The van der Waals surface area contributed by atoms with Crippen LogP contribution in [-0.4, -0.2) is 29.5 Å². The lowest BCUT2D eigenvalue weighted by molar-refractivity contribution is -0.118. The molecule has 1 heterocycles. The first-order valence-corrected chi connectivity index (χ1v) is 10.6. The highest BCUT2D eigenvalue weighted by Gasteiger charge is 2.19. The van der Waals surface area contributed by atoms with Crippen molar-refractivity contribution < 1.29 is 9.53 Å². The zero-order chi connectivity index (χ0) is 20.2. The number of pyridine rings is 1. The van der Waals surface area contributed by atoms with E-state index in [9.17, 15) is 4.79 Å². The Morgan fingerprint density at radius 2 is 2.10 bits per heavy atom. The largest absolute Gasteiger partial charge is 0.497 e. The summed E-state index contributed by atoms with van der Waals surface area (Å²) in [5.41, 5.74) is 8.11. The molecule has 0 atom stereocenters. The first-order valence-electron chi connectivity index (χ1n) is 9.65. The van der Waals surface area contributed by atoms with Gasteiger partial charge < -0.3 is 4.74 Å². The molecule has 1 aliphatic carbocycles. The highest BCUT2D eigenvalue weighted by Crippen LogP contribution is 2.29. The van der Waals surface area contributed by atoms with Gasteiger partial charge in [0.2, 0.25) is 5.91 Å². The van der Waals surface area contributed by atoms with Gasteiger partial charge in [-0.15, -0.1) is 11.8 Å². The maximum Gasteiger partial charge on any atom is 0.250 e. The Balaban J connectivity index is 1.46. The average molecular weight is 406 g/mol. The fourth-order valence-corrected chi connectivity index (χ4v) is 4.57. The number of hydrogen-bond donors (Lipinski definition) is 1. The van der Waals surface area contributed by atoms with Gasteiger partial charge in [0.15, 0.2) is 0 Å². The third-order valence-corrected chi connectivity index (χ3v) is 6.09. The second-order valence-electron chi connectivity index (χ2n) is 7.05. The summed E-state index contributed by atoms with van der Waals surface area (Å²) in [5.74, 6) is 1.04. The van der Waals surface area contributed by atoms with E-state index in [1.807, 2.05) is 36.4 Å². The molecule has 3 aromatic rings. The normalized spacial score (nSPS) is 14.6. The molecule has 1 amide bonds. The Bertz CT molecular complexity index is 1090. The molecule has 0 aliphatic heterocycles. The predicted octanol–water partition coefficient (Wildman–Crippen LogP) is 4.50. The van der Waals surface area contributed by atoms with Crippen molar-refractivity contribution in [2.24, 2.45) is 5.10 Å². The van der Waals surface area contributed by atoms with Crippen LogP contribution in [0.5, 0.6) is 5.75 Å². The zero-order valence-electron chi connectivity index (χ0n) is 16.6. The summed E-state index contributed by atoms with van der Waals surface area (Å²) < 4.78 is 5.38. The number of thioether (sulfide) groups is 1. The van der Waals surface area contributed by atoms with E-state index < -0.39 is 0 Å². The van der Waals surface area contributed by atoms with Crippen LogP contribution < -0.4 is 10.2 Å². The lowest BCUT2D eigenvalue weighted by atomic mass is 9.87. The molecule has 0 unspecified atom stereocenters. The Labute approximate surface area is 174 Å². The van der Waals surface area contributed by atoms with E-state index in [-0.39, 0.29) is 5.91 Å². The van der Waals surface area contributed by atoms with Gasteiger partial charge in [-0.1, -0.05) is 18.2 Å². The van der Waals surface area contributed by atoms with E-state index in [0.717, 1.165) is 57.6 Å². The highest BCUT2D eigenvalue weighted by atomic mass is 32.2. The second kappa shape index (κ2) is 8.66. The van der Waals surface area contributed by atoms with Crippen LogP contribution in [0.4, 0.5) is 0 Å². The smallest absolute Gasteiger partial charge is 0.250 e. The Morgan fingerprint density at radius 3 is 2.97 bits per heavy atom. The number of nitrogens with one attached hydrogen (secondary N) is 1. The average Bonchev–Trinajstić information content (AvgIpc) is 2.75. The fraction of sp³-hybridized carbons (Fsp3) is 0.261. The number of benzene rings is 2. The maximum atomic E-state index is 12.4. The molecule has 5 nitrogen and oxygen atoms in total. The van der Waals surface area contributed by atoms with Crippen LogP contribution >= 0.6 is 11.8 Å². The van der Waals surface area contributed by atoms with Crippen molar-refractivity contribution in [3.05, 3.63) is 65.4 Å². The molecule has 29 heavy (non-hydrogen) atoms. The minimum atomic E-state index is -0.117. The van der Waals surface area contributed by atoms with E-state index in [1.54, 1.807) is 13.3 Å². The first-order chi connectivity index (χ1) is 14.2. The Morgan fingerprint density at radius 1 is 1.24 bits per heavy atom. The number of aryl methyl sites for hydroxylation is 2. The summed E-state index contributed by atoms with van der Waals surface area (Å²) in [6, 6.07) is 14.0. The summed E-state index contributed by atoms with van der Waals surface area (Å²) >= 11 is 1.48. The van der Waals surface area contributed by atoms with Crippen molar-refractivity contribution in [3.63, 3.8) is 0 Å². The number of carbonyl (C=O) groups is 1. The number of para-hydroxylation sites is 1. The molecule has 1 N–H and O–H groups in total. The number of nitrogens with zero attached hydrogens (tertiary/aromatic N) is 2. The highest BCUT2D eigenvalue weighted by molar-refractivity contribution is 8.00.